The minimum absolute atomic E-state index is 0.219. The number of hydrogen-bond donors (Lipinski definition) is 2. The van der Waals surface area contributed by atoms with E-state index in [4.69, 9.17) is 16.3 Å². The summed E-state index contributed by atoms with van der Waals surface area (Å²) in [5, 5.41) is 6.68. The zero-order chi connectivity index (χ0) is 18.5. The van der Waals surface area contributed by atoms with E-state index in [1.54, 1.807) is 49.7 Å². The molecule has 26 heavy (non-hydrogen) atoms. The molecule has 1 aromatic heterocycles. The number of amides is 1. The minimum Gasteiger partial charge on any atom is -0.497 e. The predicted octanol–water partition coefficient (Wildman–Crippen LogP) is 5.05. The van der Waals surface area contributed by atoms with E-state index in [1.807, 2.05) is 25.1 Å². The van der Waals surface area contributed by atoms with Gasteiger partial charge in [0.05, 0.1) is 7.11 Å². The second kappa shape index (κ2) is 7.89. The Labute approximate surface area is 157 Å². The van der Waals surface area contributed by atoms with Gasteiger partial charge in [-0.3, -0.25) is 4.79 Å². The second-order valence-electron chi connectivity index (χ2n) is 5.70. The van der Waals surface area contributed by atoms with Crippen molar-refractivity contribution >= 4 is 34.7 Å². The van der Waals surface area contributed by atoms with Crippen LogP contribution >= 0.6 is 11.6 Å². The summed E-state index contributed by atoms with van der Waals surface area (Å²) < 4.78 is 5.11. The maximum atomic E-state index is 12.5. The van der Waals surface area contributed by atoms with Crippen LogP contribution in [0.5, 0.6) is 5.75 Å². The Balaban J connectivity index is 1.75. The lowest BCUT2D eigenvalue weighted by molar-refractivity contribution is 0.102. The van der Waals surface area contributed by atoms with Gasteiger partial charge >= 0.3 is 0 Å². The number of aryl methyl sites for hydroxylation is 1. The van der Waals surface area contributed by atoms with E-state index < -0.39 is 0 Å². The summed E-state index contributed by atoms with van der Waals surface area (Å²) in [5.74, 6) is 1.08. The van der Waals surface area contributed by atoms with Gasteiger partial charge in [-0.15, -0.1) is 0 Å². The molecule has 1 heterocycles. The SMILES string of the molecule is COc1ccc(NC(=O)c2ccnc(Nc3cc(Cl)ccc3C)c2)cc1. The fourth-order valence-electron chi connectivity index (χ4n) is 2.38. The van der Waals surface area contributed by atoms with E-state index in [-0.39, 0.29) is 5.91 Å². The third-order valence-corrected chi connectivity index (χ3v) is 4.07. The summed E-state index contributed by atoms with van der Waals surface area (Å²) in [4.78, 5) is 16.7. The summed E-state index contributed by atoms with van der Waals surface area (Å²) in [5.41, 5.74) is 3.06. The monoisotopic (exact) mass is 367 g/mol. The van der Waals surface area contributed by atoms with Crippen LogP contribution in [-0.4, -0.2) is 18.0 Å². The van der Waals surface area contributed by atoms with Crippen LogP contribution in [0.1, 0.15) is 15.9 Å². The molecule has 1 amide bonds. The summed E-state index contributed by atoms with van der Waals surface area (Å²) in [6.45, 7) is 1.97. The molecule has 3 rings (SSSR count). The molecule has 5 nitrogen and oxygen atoms in total. The van der Waals surface area contributed by atoms with Crippen molar-refractivity contribution in [3.05, 3.63) is 76.9 Å². The Kier molecular flexibility index (Phi) is 5.39. The molecule has 0 aliphatic carbocycles. The number of rotatable bonds is 5. The molecule has 6 heteroatoms. The van der Waals surface area contributed by atoms with Gasteiger partial charge in [0.1, 0.15) is 11.6 Å². The topological polar surface area (TPSA) is 63.2 Å². The van der Waals surface area contributed by atoms with E-state index in [0.29, 0.717) is 22.1 Å². The van der Waals surface area contributed by atoms with Crippen molar-refractivity contribution < 1.29 is 9.53 Å². The van der Waals surface area contributed by atoms with Gasteiger partial charge in [0, 0.05) is 28.2 Å². The first-order valence-corrected chi connectivity index (χ1v) is 8.37. The molecular weight excluding hydrogens is 350 g/mol. The van der Waals surface area contributed by atoms with Gasteiger partial charge in [0.2, 0.25) is 0 Å². The van der Waals surface area contributed by atoms with Crippen LogP contribution in [-0.2, 0) is 0 Å². The molecule has 0 spiro atoms. The highest BCUT2D eigenvalue weighted by Crippen LogP contribution is 2.24. The summed E-state index contributed by atoms with van der Waals surface area (Å²) in [6, 6.07) is 16.1. The summed E-state index contributed by atoms with van der Waals surface area (Å²) in [7, 11) is 1.60. The summed E-state index contributed by atoms with van der Waals surface area (Å²) >= 11 is 6.04. The Bertz CT molecular complexity index is 927. The highest BCUT2D eigenvalue weighted by molar-refractivity contribution is 6.30. The van der Waals surface area contributed by atoms with Gasteiger partial charge in [-0.1, -0.05) is 17.7 Å². The maximum Gasteiger partial charge on any atom is 0.255 e. The van der Waals surface area contributed by atoms with Crippen molar-refractivity contribution in [1.29, 1.82) is 0 Å². The number of ether oxygens (including phenoxy) is 1. The van der Waals surface area contributed by atoms with Crippen molar-refractivity contribution in [3.63, 3.8) is 0 Å². The first-order chi connectivity index (χ1) is 12.5. The number of nitrogens with one attached hydrogen (secondary N) is 2. The van der Waals surface area contributed by atoms with Crippen LogP contribution < -0.4 is 15.4 Å². The number of halogens is 1. The molecule has 0 fully saturated rings. The van der Waals surface area contributed by atoms with E-state index >= 15 is 0 Å². The molecule has 3 aromatic rings. The van der Waals surface area contributed by atoms with E-state index in [9.17, 15) is 4.79 Å². The van der Waals surface area contributed by atoms with E-state index in [2.05, 4.69) is 15.6 Å². The number of aromatic nitrogens is 1. The molecule has 0 saturated heterocycles. The molecule has 0 radical (unpaired) electrons. The number of benzene rings is 2. The van der Waals surface area contributed by atoms with Crippen LogP contribution in [0, 0.1) is 6.92 Å². The molecule has 0 aliphatic rings. The van der Waals surface area contributed by atoms with Crippen molar-refractivity contribution in [1.82, 2.24) is 4.98 Å². The zero-order valence-electron chi connectivity index (χ0n) is 14.4. The fourth-order valence-corrected chi connectivity index (χ4v) is 2.56. The molecular formula is C20H18ClN3O2. The Morgan fingerprint density at radius 2 is 1.85 bits per heavy atom. The number of nitrogens with zero attached hydrogens (tertiary/aromatic N) is 1. The average Bonchev–Trinajstić information content (AvgIpc) is 2.65. The highest BCUT2D eigenvalue weighted by atomic mass is 35.5. The highest BCUT2D eigenvalue weighted by Gasteiger charge is 2.09. The number of anilines is 3. The lowest BCUT2D eigenvalue weighted by atomic mass is 10.2. The Morgan fingerprint density at radius 1 is 1.08 bits per heavy atom. The summed E-state index contributed by atoms with van der Waals surface area (Å²) in [6.07, 6.45) is 1.59. The van der Waals surface area contributed by atoms with Crippen molar-refractivity contribution in [2.75, 3.05) is 17.7 Å². The number of methoxy groups -OCH3 is 1. The molecule has 2 aromatic carbocycles. The maximum absolute atomic E-state index is 12.5. The minimum atomic E-state index is -0.219. The Hall–Kier alpha value is -3.05. The van der Waals surface area contributed by atoms with Crippen LogP contribution in [0.25, 0.3) is 0 Å². The first-order valence-electron chi connectivity index (χ1n) is 8.00. The zero-order valence-corrected chi connectivity index (χ0v) is 15.2. The number of carbonyl (C=O) groups is 1. The molecule has 0 saturated carbocycles. The molecule has 0 unspecified atom stereocenters. The molecule has 132 valence electrons. The molecule has 0 atom stereocenters. The van der Waals surface area contributed by atoms with Gasteiger partial charge in [0.15, 0.2) is 0 Å². The van der Waals surface area contributed by atoms with Crippen LogP contribution in [0.3, 0.4) is 0 Å². The number of pyridine rings is 1. The Morgan fingerprint density at radius 3 is 2.58 bits per heavy atom. The van der Waals surface area contributed by atoms with Crippen LogP contribution in [0.4, 0.5) is 17.2 Å². The van der Waals surface area contributed by atoms with Crippen LogP contribution in [0.15, 0.2) is 60.8 Å². The molecule has 0 bridgehead atoms. The van der Waals surface area contributed by atoms with E-state index in [0.717, 1.165) is 17.0 Å². The van der Waals surface area contributed by atoms with E-state index in [1.165, 1.54) is 0 Å². The third kappa shape index (κ3) is 4.32. The van der Waals surface area contributed by atoms with Gasteiger partial charge in [-0.2, -0.15) is 0 Å². The van der Waals surface area contributed by atoms with Gasteiger partial charge in [0.25, 0.3) is 5.91 Å². The first kappa shape index (κ1) is 17.8. The number of hydrogen-bond acceptors (Lipinski definition) is 4. The smallest absolute Gasteiger partial charge is 0.255 e. The fraction of sp³-hybridized carbons (Fsp3) is 0.100. The number of carbonyl (C=O) groups excluding carboxylic acids is 1. The standard InChI is InChI=1S/C20H18ClN3O2/c1-13-3-4-15(21)12-18(13)24-19-11-14(9-10-22-19)20(25)23-16-5-7-17(26-2)8-6-16/h3-12H,1-2H3,(H,22,24)(H,23,25). The van der Waals surface area contributed by atoms with Gasteiger partial charge < -0.3 is 15.4 Å². The van der Waals surface area contributed by atoms with Crippen molar-refractivity contribution in [2.24, 2.45) is 0 Å². The quantitative estimate of drug-likeness (QED) is 0.662. The predicted molar refractivity (Wildman–Crippen MR) is 105 cm³/mol. The van der Waals surface area contributed by atoms with Gasteiger partial charge in [-0.05, 0) is 61.0 Å². The van der Waals surface area contributed by atoms with Gasteiger partial charge in [-0.25, -0.2) is 4.98 Å². The molecule has 0 aliphatic heterocycles. The van der Waals surface area contributed by atoms with Crippen molar-refractivity contribution in [3.8, 4) is 5.75 Å². The second-order valence-corrected chi connectivity index (χ2v) is 6.13. The average molecular weight is 368 g/mol. The third-order valence-electron chi connectivity index (χ3n) is 3.83. The largest absolute Gasteiger partial charge is 0.497 e. The normalized spacial score (nSPS) is 10.3. The van der Waals surface area contributed by atoms with Crippen LogP contribution in [0.2, 0.25) is 5.02 Å². The molecule has 2 N–H and O–H groups in total. The lowest BCUT2D eigenvalue weighted by Gasteiger charge is -2.11. The van der Waals surface area contributed by atoms with Crippen molar-refractivity contribution in [2.45, 2.75) is 6.92 Å². The lowest BCUT2D eigenvalue weighted by Crippen LogP contribution is -2.12.